The highest BCUT2D eigenvalue weighted by Gasteiger charge is 2.15. The first-order chi connectivity index (χ1) is 9.74. The summed E-state index contributed by atoms with van der Waals surface area (Å²) < 4.78 is 2.32. The second-order valence-corrected chi connectivity index (χ2v) is 7.16. The van der Waals surface area contributed by atoms with Gasteiger partial charge in [0.25, 0.3) is 0 Å². The maximum absolute atomic E-state index is 2.32. The van der Waals surface area contributed by atoms with Crippen molar-refractivity contribution in [3.05, 3.63) is 84.2 Å². The zero-order valence-electron chi connectivity index (χ0n) is 11.8. The van der Waals surface area contributed by atoms with Gasteiger partial charge in [0, 0.05) is 23.0 Å². The van der Waals surface area contributed by atoms with Gasteiger partial charge in [-0.3, -0.25) is 0 Å². The first-order valence-electron chi connectivity index (χ1n) is 6.81. The van der Waals surface area contributed by atoms with Crippen molar-refractivity contribution in [1.29, 1.82) is 0 Å². The lowest BCUT2D eigenvalue weighted by Gasteiger charge is -2.20. The van der Waals surface area contributed by atoms with Crippen LogP contribution in [0.25, 0.3) is 0 Å². The molecule has 0 atom stereocenters. The Balaban J connectivity index is 2.09. The highest BCUT2D eigenvalue weighted by Crippen LogP contribution is 2.35. The average molecular weight is 279 g/mol. The van der Waals surface area contributed by atoms with Gasteiger partial charge in [-0.25, -0.2) is 0 Å². The predicted molar refractivity (Wildman–Crippen MR) is 88.4 cm³/mol. The van der Waals surface area contributed by atoms with E-state index in [0.717, 1.165) is 0 Å². The second kappa shape index (κ2) is 5.64. The molecule has 0 aliphatic carbocycles. The van der Waals surface area contributed by atoms with Crippen molar-refractivity contribution >= 4 is 18.7 Å². The van der Waals surface area contributed by atoms with Gasteiger partial charge in [-0.05, 0) is 26.0 Å². The van der Waals surface area contributed by atoms with E-state index < -0.39 is 8.07 Å². The molecule has 1 heterocycles. The van der Waals surface area contributed by atoms with Crippen LogP contribution in [0.5, 0.6) is 0 Å². The van der Waals surface area contributed by atoms with Crippen LogP contribution in [0.1, 0.15) is 11.1 Å². The van der Waals surface area contributed by atoms with Gasteiger partial charge in [-0.2, -0.15) is 0 Å². The summed E-state index contributed by atoms with van der Waals surface area (Å²) in [5, 5.41) is 2.76. The molecule has 20 heavy (non-hydrogen) atoms. The number of nitrogens with zero attached hydrogens (tertiary/aromatic N) is 1. The zero-order chi connectivity index (χ0) is 13.9. The summed E-state index contributed by atoms with van der Waals surface area (Å²) in [4.78, 5) is 0. The van der Waals surface area contributed by atoms with E-state index in [1.165, 1.54) is 21.7 Å². The first kappa shape index (κ1) is 13.1. The molecule has 0 radical (unpaired) electrons. The molecule has 3 rings (SSSR count). The van der Waals surface area contributed by atoms with Gasteiger partial charge < -0.3 is 4.34 Å². The molecule has 0 bridgehead atoms. The van der Waals surface area contributed by atoms with E-state index in [2.05, 4.69) is 91.2 Å². The van der Waals surface area contributed by atoms with Crippen LogP contribution in [0.15, 0.2) is 73.1 Å². The highest BCUT2D eigenvalue weighted by molar-refractivity contribution is 7.71. The largest absolute Gasteiger partial charge is 0.325 e. The number of hydrogen-bond acceptors (Lipinski definition) is 0. The summed E-state index contributed by atoms with van der Waals surface area (Å²) in [6.07, 6.45) is 4.32. The molecule has 0 aliphatic rings. The predicted octanol–water partition coefficient (Wildman–Crippen LogP) is 4.00. The molecule has 2 heteroatoms. The van der Waals surface area contributed by atoms with Gasteiger partial charge in [0.15, 0.2) is 0 Å². The fourth-order valence-electron chi connectivity index (χ4n) is 2.25. The summed E-state index contributed by atoms with van der Waals surface area (Å²) in [6.45, 7) is 4.27. The molecule has 1 aromatic heterocycles. The molecule has 3 aromatic rings. The summed E-state index contributed by atoms with van der Waals surface area (Å²) in [5.74, 6) is 0. The zero-order valence-corrected chi connectivity index (χ0v) is 12.7. The van der Waals surface area contributed by atoms with E-state index in [1.807, 2.05) is 0 Å². The van der Waals surface area contributed by atoms with Crippen LogP contribution < -0.4 is 10.6 Å². The molecule has 100 valence electrons. The Morgan fingerprint density at radius 1 is 0.650 bits per heavy atom. The van der Waals surface area contributed by atoms with Gasteiger partial charge in [0.2, 0.25) is 0 Å². The van der Waals surface area contributed by atoms with Crippen molar-refractivity contribution in [2.45, 2.75) is 13.8 Å². The Kier molecular flexibility index (Phi) is 3.71. The van der Waals surface area contributed by atoms with Crippen molar-refractivity contribution in [3.63, 3.8) is 0 Å². The summed E-state index contributed by atoms with van der Waals surface area (Å²) >= 11 is 0. The van der Waals surface area contributed by atoms with Crippen molar-refractivity contribution in [3.8, 4) is 0 Å². The molecular formula is C18H18NP. The summed E-state index contributed by atoms with van der Waals surface area (Å²) in [5.41, 5.74) is 2.61. The van der Waals surface area contributed by atoms with E-state index in [9.17, 15) is 0 Å². The summed E-state index contributed by atoms with van der Waals surface area (Å²) in [7, 11) is -0.517. The van der Waals surface area contributed by atoms with E-state index in [0.29, 0.717) is 0 Å². The van der Waals surface area contributed by atoms with Gasteiger partial charge in [-0.1, -0.05) is 59.7 Å². The maximum Gasteiger partial charge on any atom is 0.0587 e. The average Bonchev–Trinajstić information content (AvgIpc) is 2.97. The Morgan fingerprint density at radius 2 is 1.05 bits per heavy atom. The number of hydrogen-bond donors (Lipinski definition) is 0. The van der Waals surface area contributed by atoms with E-state index in [-0.39, 0.29) is 0 Å². The van der Waals surface area contributed by atoms with Crippen LogP contribution in [0, 0.1) is 13.8 Å². The third-order valence-corrected chi connectivity index (χ3v) is 5.68. The topological polar surface area (TPSA) is 4.93 Å². The Labute approximate surface area is 121 Å². The van der Waals surface area contributed by atoms with Crippen LogP contribution >= 0.6 is 8.07 Å². The SMILES string of the molecule is Cc1ccc(P(c2ccc(C)cc2)n2cccc2)cc1. The van der Waals surface area contributed by atoms with Crippen LogP contribution in [-0.2, 0) is 0 Å². The van der Waals surface area contributed by atoms with Gasteiger partial charge in [0.05, 0.1) is 8.07 Å². The van der Waals surface area contributed by atoms with Gasteiger partial charge in [0.1, 0.15) is 0 Å². The highest BCUT2D eigenvalue weighted by atomic mass is 31.1. The number of benzene rings is 2. The van der Waals surface area contributed by atoms with Gasteiger partial charge in [-0.15, -0.1) is 0 Å². The normalized spacial score (nSPS) is 10.9. The fraction of sp³-hybridized carbons (Fsp3) is 0.111. The quantitative estimate of drug-likeness (QED) is 0.639. The molecule has 2 aromatic carbocycles. The standard InChI is InChI=1S/C18H18NP/c1-15-5-9-17(10-6-15)20(19-13-3-4-14-19)18-11-7-16(2)8-12-18/h3-14H,1-2H3. The Morgan fingerprint density at radius 3 is 1.45 bits per heavy atom. The lowest BCUT2D eigenvalue weighted by Crippen LogP contribution is -2.16. The molecule has 1 nitrogen and oxygen atoms in total. The summed E-state index contributed by atoms with van der Waals surface area (Å²) in [6, 6.07) is 22.0. The molecule has 0 unspecified atom stereocenters. The number of rotatable bonds is 3. The Hall–Kier alpha value is -1.85. The molecule has 0 fully saturated rings. The minimum atomic E-state index is -0.517. The van der Waals surface area contributed by atoms with Crippen molar-refractivity contribution < 1.29 is 0 Å². The number of aromatic nitrogens is 1. The minimum Gasteiger partial charge on any atom is -0.325 e. The van der Waals surface area contributed by atoms with Crippen molar-refractivity contribution in [2.75, 3.05) is 0 Å². The van der Waals surface area contributed by atoms with Crippen LogP contribution in [0.3, 0.4) is 0 Å². The molecule has 0 N–H and O–H groups in total. The van der Waals surface area contributed by atoms with Crippen LogP contribution in [-0.4, -0.2) is 4.34 Å². The maximum atomic E-state index is 2.32. The third kappa shape index (κ3) is 2.69. The van der Waals surface area contributed by atoms with Crippen molar-refractivity contribution in [1.82, 2.24) is 4.34 Å². The lowest BCUT2D eigenvalue weighted by molar-refractivity contribution is 1.27. The van der Waals surface area contributed by atoms with Crippen LogP contribution in [0.2, 0.25) is 0 Å². The first-order valence-corrected chi connectivity index (χ1v) is 8.10. The monoisotopic (exact) mass is 279 g/mol. The minimum absolute atomic E-state index is 0.517. The van der Waals surface area contributed by atoms with Crippen LogP contribution in [0.4, 0.5) is 0 Å². The van der Waals surface area contributed by atoms with E-state index in [1.54, 1.807) is 0 Å². The molecule has 0 saturated heterocycles. The van der Waals surface area contributed by atoms with Crippen molar-refractivity contribution in [2.24, 2.45) is 0 Å². The number of aryl methyl sites for hydroxylation is 2. The Bertz CT molecular complexity index is 621. The third-order valence-electron chi connectivity index (χ3n) is 3.38. The second-order valence-electron chi connectivity index (χ2n) is 5.05. The molecule has 0 amide bonds. The molecule has 0 saturated carbocycles. The van der Waals surface area contributed by atoms with E-state index >= 15 is 0 Å². The fourth-order valence-corrected chi connectivity index (χ4v) is 4.36. The molecule has 0 spiro atoms. The molecule has 0 aliphatic heterocycles. The van der Waals surface area contributed by atoms with E-state index in [4.69, 9.17) is 0 Å². The lowest BCUT2D eigenvalue weighted by atomic mass is 10.2. The van der Waals surface area contributed by atoms with Gasteiger partial charge >= 0.3 is 0 Å². The smallest absolute Gasteiger partial charge is 0.0587 e. The molecular weight excluding hydrogens is 261 g/mol.